The molecule has 0 aliphatic heterocycles. The Morgan fingerprint density at radius 3 is 1.36 bits per heavy atom. The van der Waals surface area contributed by atoms with Crippen LogP contribution in [0, 0.1) is 0 Å². The SMILES string of the molecule is CC(C)(C)[Si](OCCS(=O)(=O)CCOP(=O)(O)OP(=O)(O)O)(c1ccccc1)c1ccc(C[Si](C)(C)OCCS(=O)(=O)CCOP(=O)(O)OP(=O)(O)O)cc1. The summed E-state index contributed by atoms with van der Waals surface area (Å²) in [7, 11) is -34.7. The van der Waals surface area contributed by atoms with Crippen LogP contribution in [-0.4, -0.2) is 112 Å². The Morgan fingerprint density at radius 1 is 0.582 bits per heavy atom. The average molecular weight is 937 g/mol. The molecule has 0 aromatic heterocycles. The molecular weight excluding hydrogens is 888 g/mol. The molecule has 0 aliphatic rings. The van der Waals surface area contributed by atoms with Gasteiger partial charge in [0, 0.05) is 13.2 Å². The third-order valence-corrected chi connectivity index (χ3v) is 22.4. The van der Waals surface area contributed by atoms with Crippen LogP contribution in [0.25, 0.3) is 0 Å². The van der Waals surface area contributed by atoms with E-state index in [0.717, 1.165) is 15.9 Å². The fraction of sp³-hybridized carbons (Fsp3) is 0.556. The molecule has 0 saturated carbocycles. The van der Waals surface area contributed by atoms with Crippen molar-refractivity contribution in [1.29, 1.82) is 0 Å². The summed E-state index contributed by atoms with van der Waals surface area (Å²) in [5.41, 5.74) is 0.872. The van der Waals surface area contributed by atoms with Crippen LogP contribution in [0.15, 0.2) is 54.6 Å². The Morgan fingerprint density at radius 2 is 0.964 bits per heavy atom. The van der Waals surface area contributed by atoms with Crippen molar-refractivity contribution in [1.82, 2.24) is 0 Å². The van der Waals surface area contributed by atoms with E-state index in [1.54, 1.807) is 0 Å². The molecule has 6 N–H and O–H groups in total. The van der Waals surface area contributed by atoms with E-state index < -0.39 is 109 Å². The van der Waals surface area contributed by atoms with Crippen molar-refractivity contribution in [2.45, 2.75) is 44.9 Å². The minimum absolute atomic E-state index is 0.188. The molecule has 2 aromatic carbocycles. The molecule has 0 saturated heterocycles. The monoisotopic (exact) mass is 936 g/mol. The van der Waals surface area contributed by atoms with Crippen molar-refractivity contribution in [2.24, 2.45) is 0 Å². The van der Waals surface area contributed by atoms with Crippen molar-refractivity contribution < 1.29 is 91.0 Å². The highest BCUT2D eigenvalue weighted by Gasteiger charge is 2.50. The summed E-state index contributed by atoms with van der Waals surface area (Å²) in [5.74, 6) is -2.46. The van der Waals surface area contributed by atoms with E-state index in [0.29, 0.717) is 6.04 Å². The standard InChI is InChI=1S/C27H48O20P4S2Si2/c1-27(2,3)55(25-9-7-6-8-10-25,45-18-22-53(40,41)20-16-43-51(36,37)47-49(31,32)33)26-13-11-24(12-14-26)23-54(4,5)44-17-21-52(38,39)19-15-42-50(34,35)46-48(28,29)30/h6-14H,15-23H2,1-5H3,(H,34,35)(H,36,37)(H2,28,29,30)(H2,31,32,33). The van der Waals surface area contributed by atoms with E-state index in [4.69, 9.17) is 28.4 Å². The molecule has 2 rings (SSSR count). The predicted octanol–water partition coefficient (Wildman–Crippen LogP) is 2.15. The maximum absolute atomic E-state index is 12.8. The van der Waals surface area contributed by atoms with Gasteiger partial charge in [0.25, 0.3) is 8.32 Å². The van der Waals surface area contributed by atoms with E-state index in [9.17, 15) is 44.9 Å². The van der Waals surface area contributed by atoms with E-state index >= 15 is 0 Å². The Kier molecular flexibility index (Phi) is 17.9. The molecule has 2 aromatic rings. The molecule has 3 unspecified atom stereocenters. The Labute approximate surface area is 322 Å². The van der Waals surface area contributed by atoms with Crippen molar-refractivity contribution in [3.05, 3.63) is 60.2 Å². The molecule has 3 atom stereocenters. The first kappa shape index (κ1) is 50.4. The highest BCUT2D eigenvalue weighted by molar-refractivity contribution is 7.91. The maximum Gasteiger partial charge on any atom is 0.481 e. The van der Waals surface area contributed by atoms with Crippen molar-refractivity contribution in [3.8, 4) is 0 Å². The Balaban J connectivity index is 2.15. The van der Waals surface area contributed by atoms with E-state index in [-0.39, 0.29) is 13.2 Å². The second-order valence-electron chi connectivity index (χ2n) is 13.7. The van der Waals surface area contributed by atoms with Crippen LogP contribution < -0.4 is 10.4 Å². The van der Waals surface area contributed by atoms with Gasteiger partial charge in [-0.1, -0.05) is 75.4 Å². The maximum atomic E-state index is 12.8. The summed E-state index contributed by atoms with van der Waals surface area (Å²) in [4.78, 5) is 53.5. The minimum Gasteiger partial charge on any atom is -0.416 e. The third kappa shape index (κ3) is 18.3. The number of hydrogen-bond acceptors (Lipinski definition) is 14. The van der Waals surface area contributed by atoms with E-state index in [1.165, 1.54) is 0 Å². The molecule has 0 fully saturated rings. The van der Waals surface area contributed by atoms with Gasteiger partial charge >= 0.3 is 31.3 Å². The van der Waals surface area contributed by atoms with Crippen molar-refractivity contribution >= 4 is 78.0 Å². The molecule has 0 aliphatic carbocycles. The molecule has 55 heavy (non-hydrogen) atoms. The highest BCUT2D eigenvalue weighted by atomic mass is 32.2. The number of rotatable bonds is 24. The summed E-state index contributed by atoms with van der Waals surface area (Å²) in [6.45, 7) is 7.52. The third-order valence-electron chi connectivity index (χ3n) is 7.54. The number of sulfone groups is 2. The first-order valence-electron chi connectivity index (χ1n) is 16.1. The van der Waals surface area contributed by atoms with Gasteiger partial charge in [-0.05, 0) is 40.1 Å². The topological polar surface area (TPSA) is 313 Å². The van der Waals surface area contributed by atoms with Crippen LogP contribution in [0.5, 0.6) is 0 Å². The number of phosphoric ester groups is 2. The normalized spacial score (nSPS) is 16.9. The van der Waals surface area contributed by atoms with Gasteiger partial charge in [0.2, 0.25) is 0 Å². The second kappa shape index (κ2) is 19.5. The molecule has 20 nitrogen and oxygen atoms in total. The highest BCUT2D eigenvalue weighted by Crippen LogP contribution is 2.58. The van der Waals surface area contributed by atoms with Crippen LogP contribution in [0.1, 0.15) is 26.3 Å². The summed E-state index contributed by atoms with van der Waals surface area (Å²) >= 11 is 0. The summed E-state index contributed by atoms with van der Waals surface area (Å²) in [5, 5.41) is 1.13. The fourth-order valence-electron chi connectivity index (χ4n) is 5.33. The van der Waals surface area contributed by atoms with Crippen molar-refractivity contribution in [2.75, 3.05) is 49.4 Å². The molecule has 0 radical (unpaired) electrons. The van der Waals surface area contributed by atoms with E-state index in [1.807, 2.05) is 88.5 Å². The lowest BCUT2D eigenvalue weighted by Gasteiger charge is -2.43. The molecule has 0 heterocycles. The summed E-state index contributed by atoms with van der Waals surface area (Å²) in [6.07, 6.45) is 0. The smallest absolute Gasteiger partial charge is 0.416 e. The Bertz CT molecular complexity index is 1980. The lowest BCUT2D eigenvalue weighted by atomic mass is 10.2. The van der Waals surface area contributed by atoms with E-state index in [2.05, 4.69) is 17.7 Å². The van der Waals surface area contributed by atoms with Crippen molar-refractivity contribution in [3.63, 3.8) is 0 Å². The molecular formula is C27H48O20P4S2Si2. The van der Waals surface area contributed by atoms with Crippen LogP contribution in [0.3, 0.4) is 0 Å². The predicted molar refractivity (Wildman–Crippen MR) is 206 cm³/mol. The zero-order chi connectivity index (χ0) is 42.2. The van der Waals surface area contributed by atoms with Gasteiger partial charge in [-0.3, -0.25) is 9.05 Å². The Hall–Kier alpha value is -0.786. The van der Waals surface area contributed by atoms with Gasteiger partial charge in [-0.15, -0.1) is 0 Å². The van der Waals surface area contributed by atoms with Gasteiger partial charge in [0.05, 0.1) is 36.2 Å². The van der Waals surface area contributed by atoms with Crippen LogP contribution in [0.4, 0.5) is 0 Å². The van der Waals surface area contributed by atoms with Crippen LogP contribution >= 0.6 is 31.3 Å². The molecule has 316 valence electrons. The second-order valence-corrected chi connectivity index (χ2v) is 32.4. The molecule has 0 spiro atoms. The van der Waals surface area contributed by atoms with Gasteiger partial charge in [-0.2, -0.15) is 8.62 Å². The fourth-order valence-corrected chi connectivity index (χ4v) is 17.3. The van der Waals surface area contributed by atoms with Crippen LogP contribution in [-0.2, 0) is 70.5 Å². The molecule has 0 bridgehead atoms. The number of benzene rings is 2. The zero-order valence-electron chi connectivity index (χ0n) is 30.6. The van der Waals surface area contributed by atoms with Gasteiger partial charge in [0.15, 0.2) is 28.0 Å². The first-order chi connectivity index (χ1) is 24.8. The largest absolute Gasteiger partial charge is 0.481 e. The molecule has 28 heteroatoms. The number of hydrogen-bond donors (Lipinski definition) is 6. The van der Waals surface area contributed by atoms with Gasteiger partial charge < -0.3 is 38.2 Å². The molecule has 0 amide bonds. The first-order valence-corrected chi connectivity index (χ1v) is 30.8. The summed E-state index contributed by atoms with van der Waals surface area (Å²) in [6, 6.07) is 17.3. The quantitative estimate of drug-likeness (QED) is 0.0649. The van der Waals surface area contributed by atoms with Crippen LogP contribution in [0.2, 0.25) is 18.1 Å². The average Bonchev–Trinajstić information content (AvgIpc) is 2.96. The lowest BCUT2D eigenvalue weighted by molar-refractivity contribution is 0.182. The minimum atomic E-state index is -5.38. The zero-order valence-corrected chi connectivity index (χ0v) is 37.8. The van der Waals surface area contributed by atoms with Gasteiger partial charge in [-0.25, -0.2) is 35.1 Å². The number of phosphoric acid groups is 4. The van der Waals surface area contributed by atoms with Gasteiger partial charge in [0.1, 0.15) is 0 Å². The lowest BCUT2D eigenvalue weighted by Crippen LogP contribution is -2.66. The summed E-state index contributed by atoms with van der Waals surface area (Å²) < 4.78 is 124.